The van der Waals surface area contributed by atoms with Gasteiger partial charge >= 0.3 is 6.55 Å². The number of alkyl halides is 2. The first-order valence-corrected chi connectivity index (χ1v) is 8.84. The van der Waals surface area contributed by atoms with E-state index in [1.54, 1.807) is 0 Å². The zero-order chi connectivity index (χ0) is 18.2. The molecular weight excluding hydrogens is 356 g/mol. The largest absolute Gasteiger partial charge is 0.333 e. The molecule has 134 valence electrons. The van der Waals surface area contributed by atoms with Crippen LogP contribution in [0.15, 0.2) is 23.4 Å². The van der Waals surface area contributed by atoms with Gasteiger partial charge in [-0.15, -0.1) is 0 Å². The number of nitrogens with one attached hydrogen (secondary N) is 1. The minimum atomic E-state index is -4.09. The summed E-state index contributed by atoms with van der Waals surface area (Å²) in [6, 6.07) is 1.50. The monoisotopic (exact) mass is 371 g/mol. The van der Waals surface area contributed by atoms with Crippen LogP contribution in [-0.2, 0) is 21.2 Å². The van der Waals surface area contributed by atoms with Crippen LogP contribution in [-0.4, -0.2) is 36.1 Å². The Labute approximate surface area is 142 Å². The Kier molecular flexibility index (Phi) is 4.41. The maximum atomic E-state index is 13.0. The van der Waals surface area contributed by atoms with Crippen LogP contribution in [0.2, 0.25) is 0 Å². The number of aryl methyl sites for hydroxylation is 2. The smallest absolute Gasteiger partial charge is 0.327 e. The maximum Gasteiger partial charge on any atom is 0.333 e. The number of pyridine rings is 1. The van der Waals surface area contributed by atoms with Gasteiger partial charge in [0.15, 0.2) is 0 Å². The summed E-state index contributed by atoms with van der Waals surface area (Å²) in [5, 5.41) is 5.98. The second-order valence-electron chi connectivity index (χ2n) is 5.47. The van der Waals surface area contributed by atoms with Gasteiger partial charge in [-0.25, -0.2) is 13.1 Å². The molecule has 1 amide bonds. The van der Waals surface area contributed by atoms with E-state index in [9.17, 15) is 22.0 Å². The van der Waals surface area contributed by atoms with Crippen molar-refractivity contribution in [2.75, 3.05) is 16.2 Å². The Bertz CT molecular complexity index is 913. The summed E-state index contributed by atoms with van der Waals surface area (Å²) in [6.45, 7) is -1.39. The van der Waals surface area contributed by atoms with Crippen LogP contribution in [0.1, 0.15) is 24.4 Å². The van der Waals surface area contributed by atoms with Crippen molar-refractivity contribution in [3.8, 4) is 0 Å². The van der Waals surface area contributed by atoms with E-state index in [4.69, 9.17) is 0 Å². The lowest BCUT2D eigenvalue weighted by Gasteiger charge is -2.29. The molecular formula is C14H15F2N5O3S. The number of amides is 1. The molecule has 0 spiro atoms. The molecule has 2 aromatic rings. The van der Waals surface area contributed by atoms with E-state index in [0.717, 1.165) is 10.5 Å². The van der Waals surface area contributed by atoms with Crippen molar-refractivity contribution in [3.63, 3.8) is 0 Å². The summed E-state index contributed by atoms with van der Waals surface area (Å²) in [4.78, 5) is 14.5. The van der Waals surface area contributed by atoms with Crippen molar-refractivity contribution in [2.45, 2.75) is 31.2 Å². The van der Waals surface area contributed by atoms with Gasteiger partial charge in [-0.1, -0.05) is 0 Å². The highest BCUT2D eigenvalue weighted by atomic mass is 32.2. The number of halogens is 2. The first-order valence-electron chi connectivity index (χ1n) is 7.40. The van der Waals surface area contributed by atoms with Gasteiger partial charge in [0, 0.05) is 6.54 Å². The first-order chi connectivity index (χ1) is 11.8. The van der Waals surface area contributed by atoms with Crippen LogP contribution in [0.4, 0.5) is 20.2 Å². The molecule has 0 aromatic carbocycles. The fourth-order valence-electron chi connectivity index (χ4n) is 2.73. The summed E-state index contributed by atoms with van der Waals surface area (Å²) < 4.78 is 53.0. The van der Waals surface area contributed by atoms with E-state index in [0.29, 0.717) is 41.0 Å². The molecule has 3 heterocycles. The Hall–Kier alpha value is -2.56. The summed E-state index contributed by atoms with van der Waals surface area (Å²) >= 11 is 0. The summed E-state index contributed by atoms with van der Waals surface area (Å²) in [5.41, 5.74) is 1.21. The molecule has 0 radical (unpaired) electrons. The van der Waals surface area contributed by atoms with E-state index in [2.05, 4.69) is 15.4 Å². The number of aromatic nitrogens is 3. The lowest BCUT2D eigenvalue weighted by molar-refractivity contribution is -0.105. The second-order valence-corrected chi connectivity index (χ2v) is 7.30. The van der Waals surface area contributed by atoms with Gasteiger partial charge in [-0.3, -0.25) is 14.1 Å². The molecule has 1 N–H and O–H groups in total. The number of rotatable bonds is 5. The number of sulfonamides is 1. The van der Waals surface area contributed by atoms with E-state index in [-0.39, 0.29) is 17.1 Å². The van der Waals surface area contributed by atoms with Gasteiger partial charge in [0.1, 0.15) is 4.90 Å². The molecule has 0 saturated heterocycles. The van der Waals surface area contributed by atoms with Crippen molar-refractivity contribution < 1.29 is 22.0 Å². The highest BCUT2D eigenvalue weighted by molar-refractivity contribution is 7.92. The third-order valence-corrected chi connectivity index (χ3v) is 5.77. The molecule has 8 nitrogen and oxygen atoms in total. The topological polar surface area (TPSA) is 97.2 Å². The molecule has 0 atom stereocenters. The molecule has 3 rings (SSSR count). The molecule has 1 aliphatic rings. The maximum absolute atomic E-state index is 13.0. The average molecular weight is 371 g/mol. The van der Waals surface area contributed by atoms with Gasteiger partial charge in [0.2, 0.25) is 6.41 Å². The zero-order valence-electron chi connectivity index (χ0n) is 13.2. The molecule has 0 unspecified atom stereocenters. The zero-order valence-corrected chi connectivity index (χ0v) is 14.0. The van der Waals surface area contributed by atoms with Crippen molar-refractivity contribution in [1.29, 1.82) is 0 Å². The van der Waals surface area contributed by atoms with Gasteiger partial charge in [-0.05, 0) is 25.8 Å². The van der Waals surface area contributed by atoms with Gasteiger partial charge in [0.25, 0.3) is 10.0 Å². The van der Waals surface area contributed by atoms with E-state index < -0.39 is 16.6 Å². The number of carbonyl (C=O) groups excluding carboxylic acids is 1. The molecule has 0 aliphatic carbocycles. The van der Waals surface area contributed by atoms with Crippen LogP contribution < -0.4 is 9.62 Å². The predicted molar refractivity (Wildman–Crippen MR) is 85.0 cm³/mol. The normalized spacial score (nSPS) is 14.5. The first kappa shape index (κ1) is 17.3. The number of anilines is 2. The van der Waals surface area contributed by atoms with Crippen molar-refractivity contribution in [3.05, 3.63) is 29.8 Å². The Balaban J connectivity index is 2.08. The number of carbonyl (C=O) groups is 1. The van der Waals surface area contributed by atoms with Crippen LogP contribution >= 0.6 is 0 Å². The third-order valence-electron chi connectivity index (χ3n) is 3.86. The van der Waals surface area contributed by atoms with E-state index in [1.807, 2.05) is 0 Å². The number of nitrogens with zero attached hydrogens (tertiary/aromatic N) is 4. The van der Waals surface area contributed by atoms with Crippen molar-refractivity contribution in [1.82, 2.24) is 14.8 Å². The Morgan fingerprint density at radius 1 is 1.40 bits per heavy atom. The van der Waals surface area contributed by atoms with Crippen LogP contribution in [0.5, 0.6) is 0 Å². The van der Waals surface area contributed by atoms with Gasteiger partial charge in [-0.2, -0.15) is 13.9 Å². The highest BCUT2D eigenvalue weighted by Gasteiger charge is 2.33. The summed E-state index contributed by atoms with van der Waals surface area (Å²) in [7, 11) is -4.09. The fraction of sp³-hybridized carbons (Fsp3) is 0.357. The van der Waals surface area contributed by atoms with Crippen LogP contribution in [0, 0.1) is 6.92 Å². The minimum absolute atomic E-state index is 0.0115. The molecule has 0 bridgehead atoms. The number of hydrogen-bond acceptors (Lipinski definition) is 5. The second kappa shape index (κ2) is 6.39. The minimum Gasteiger partial charge on any atom is -0.327 e. The van der Waals surface area contributed by atoms with E-state index >= 15 is 0 Å². The van der Waals surface area contributed by atoms with Crippen molar-refractivity contribution in [2.24, 2.45) is 0 Å². The molecule has 1 aliphatic heterocycles. The molecule has 0 fully saturated rings. The Morgan fingerprint density at radius 2 is 2.16 bits per heavy atom. The Morgan fingerprint density at radius 3 is 2.80 bits per heavy atom. The van der Waals surface area contributed by atoms with E-state index in [1.165, 1.54) is 19.2 Å². The summed E-state index contributed by atoms with van der Waals surface area (Å²) in [5.74, 6) is 0. The average Bonchev–Trinajstić information content (AvgIpc) is 2.97. The predicted octanol–water partition coefficient (Wildman–Crippen LogP) is 1.69. The molecule has 2 aromatic heterocycles. The molecule has 11 heteroatoms. The van der Waals surface area contributed by atoms with Crippen LogP contribution in [0.25, 0.3) is 0 Å². The quantitative estimate of drug-likeness (QED) is 0.807. The van der Waals surface area contributed by atoms with Crippen LogP contribution in [0.3, 0.4) is 0 Å². The number of fused-ring (bicyclic) bond motifs is 1. The SMILES string of the molecule is Cc1nn(C(F)F)cc1S(=O)(=O)N1CCCc2ncc(NC=O)cc21. The molecule has 25 heavy (non-hydrogen) atoms. The standard InChI is InChI=1S/C14H15F2N5O3S/c1-9-13(7-20(19-9)14(15)16)25(23,24)21-4-2-3-11-12(21)5-10(6-17-11)18-8-22/h5-8,14H,2-4H2,1H3,(H,18,22). The lowest BCUT2D eigenvalue weighted by atomic mass is 10.1. The molecule has 0 saturated carbocycles. The van der Waals surface area contributed by atoms with Gasteiger partial charge in [0.05, 0.1) is 35.2 Å². The highest BCUT2D eigenvalue weighted by Crippen LogP contribution is 2.33. The number of hydrogen-bond donors (Lipinski definition) is 1. The lowest BCUT2D eigenvalue weighted by Crippen LogP contribution is -2.36. The third kappa shape index (κ3) is 3.06. The van der Waals surface area contributed by atoms with Gasteiger partial charge < -0.3 is 5.32 Å². The van der Waals surface area contributed by atoms with Crippen molar-refractivity contribution >= 4 is 27.8 Å². The fourth-order valence-corrected chi connectivity index (χ4v) is 4.41. The summed E-state index contributed by atoms with van der Waals surface area (Å²) in [6.07, 6.45) is 3.84.